The number of para-hydroxylation sites is 1. The van der Waals surface area contributed by atoms with E-state index in [1.165, 1.54) is 27.1 Å². The van der Waals surface area contributed by atoms with Crippen LogP contribution < -0.4 is 5.56 Å². The van der Waals surface area contributed by atoms with E-state index in [4.69, 9.17) is 9.15 Å². The maximum Gasteiger partial charge on any atom is 0.261 e. The number of ether oxygens (including phenoxy) is 1. The summed E-state index contributed by atoms with van der Waals surface area (Å²) in [6, 6.07) is 10.8. The van der Waals surface area contributed by atoms with Gasteiger partial charge in [-0.05, 0) is 23.6 Å². The molecule has 0 aliphatic carbocycles. The molecule has 30 heavy (non-hydrogen) atoms. The number of carbonyl (C=O) groups is 1. The van der Waals surface area contributed by atoms with Crippen LogP contribution in [0, 0.1) is 0 Å². The van der Waals surface area contributed by atoms with Crippen LogP contribution in [0.3, 0.4) is 0 Å². The van der Waals surface area contributed by atoms with Gasteiger partial charge in [0.25, 0.3) is 11.4 Å². The normalized spacial score (nSPS) is 11.1. The summed E-state index contributed by atoms with van der Waals surface area (Å²) in [6.07, 6.45) is 1.39. The molecule has 154 valence electrons. The molecule has 0 unspecified atom stereocenters. The second kappa shape index (κ2) is 8.97. The maximum atomic E-state index is 12.9. The topological polar surface area (TPSA) is 103 Å². The Bertz CT molecular complexity index is 1200. The third-order valence-electron chi connectivity index (χ3n) is 4.48. The molecule has 4 rings (SSSR count). The predicted molar refractivity (Wildman–Crippen MR) is 111 cm³/mol. The smallest absolute Gasteiger partial charge is 0.261 e. The van der Waals surface area contributed by atoms with Crippen molar-refractivity contribution in [3.8, 4) is 10.8 Å². The molecule has 3 aromatic heterocycles. The van der Waals surface area contributed by atoms with E-state index in [1.54, 1.807) is 25.3 Å². The molecule has 10 heteroatoms. The van der Waals surface area contributed by atoms with Crippen molar-refractivity contribution in [3.05, 3.63) is 64.4 Å². The summed E-state index contributed by atoms with van der Waals surface area (Å²) in [7, 11) is 1.56. The number of hydrogen-bond donors (Lipinski definition) is 0. The number of rotatable bonds is 8. The van der Waals surface area contributed by atoms with Crippen molar-refractivity contribution in [1.82, 2.24) is 24.6 Å². The van der Waals surface area contributed by atoms with Gasteiger partial charge in [0.15, 0.2) is 0 Å². The molecule has 0 radical (unpaired) electrons. The highest BCUT2D eigenvalue weighted by atomic mass is 32.1. The molecule has 0 saturated heterocycles. The summed E-state index contributed by atoms with van der Waals surface area (Å²) in [6.45, 7) is 0.632. The largest absolute Gasteiger partial charge is 0.418 e. The lowest BCUT2D eigenvalue weighted by Gasteiger charge is -2.21. The second-order valence-electron chi connectivity index (χ2n) is 6.48. The first-order valence-electron chi connectivity index (χ1n) is 9.23. The molecule has 0 aliphatic rings. The molecule has 0 N–H and O–H groups in total. The SMILES string of the molecule is COCCN(Cc1nnc(-c2cccs2)o1)C(=O)Cn1cnc2ccccc2c1=O. The fraction of sp³-hybridized carbons (Fsp3) is 0.250. The Hall–Kier alpha value is -3.37. The zero-order valence-corrected chi connectivity index (χ0v) is 17.0. The monoisotopic (exact) mass is 425 g/mol. The van der Waals surface area contributed by atoms with Crippen LogP contribution in [0.4, 0.5) is 0 Å². The van der Waals surface area contributed by atoms with E-state index in [2.05, 4.69) is 15.2 Å². The van der Waals surface area contributed by atoms with Crippen molar-refractivity contribution < 1.29 is 13.9 Å². The van der Waals surface area contributed by atoms with Crippen molar-refractivity contribution >= 4 is 28.1 Å². The van der Waals surface area contributed by atoms with Gasteiger partial charge < -0.3 is 14.1 Å². The van der Waals surface area contributed by atoms with E-state index in [9.17, 15) is 9.59 Å². The Kier molecular flexibility index (Phi) is 5.96. The van der Waals surface area contributed by atoms with Crippen LogP contribution >= 0.6 is 11.3 Å². The molecule has 0 atom stereocenters. The minimum atomic E-state index is -0.276. The lowest BCUT2D eigenvalue weighted by molar-refractivity contribution is -0.133. The van der Waals surface area contributed by atoms with Gasteiger partial charge in [-0.15, -0.1) is 21.5 Å². The number of amides is 1. The first-order valence-corrected chi connectivity index (χ1v) is 10.1. The average molecular weight is 425 g/mol. The Labute approximate surface area is 175 Å². The highest BCUT2D eigenvalue weighted by Crippen LogP contribution is 2.23. The molecular weight excluding hydrogens is 406 g/mol. The van der Waals surface area contributed by atoms with E-state index >= 15 is 0 Å². The van der Waals surface area contributed by atoms with Crippen molar-refractivity contribution in [3.63, 3.8) is 0 Å². The molecular formula is C20H19N5O4S. The number of hydrogen-bond acceptors (Lipinski definition) is 8. The van der Waals surface area contributed by atoms with Gasteiger partial charge in [-0.1, -0.05) is 18.2 Å². The molecule has 0 spiro atoms. The first kappa shape index (κ1) is 19.9. The third kappa shape index (κ3) is 4.29. The lowest BCUT2D eigenvalue weighted by atomic mass is 10.2. The minimum Gasteiger partial charge on any atom is -0.418 e. The highest BCUT2D eigenvalue weighted by molar-refractivity contribution is 7.13. The van der Waals surface area contributed by atoms with Gasteiger partial charge in [-0.25, -0.2) is 4.98 Å². The number of nitrogens with zero attached hydrogens (tertiary/aromatic N) is 5. The number of methoxy groups -OCH3 is 1. The average Bonchev–Trinajstić information content (AvgIpc) is 3.45. The summed E-state index contributed by atoms with van der Waals surface area (Å²) < 4.78 is 12.1. The van der Waals surface area contributed by atoms with E-state index in [1.807, 2.05) is 23.6 Å². The molecule has 1 amide bonds. The van der Waals surface area contributed by atoms with Crippen LogP contribution in [0.5, 0.6) is 0 Å². The fourth-order valence-electron chi connectivity index (χ4n) is 2.94. The van der Waals surface area contributed by atoms with Crippen LogP contribution in [0.2, 0.25) is 0 Å². The molecule has 4 aromatic rings. The van der Waals surface area contributed by atoms with Crippen LogP contribution in [-0.2, 0) is 22.6 Å². The van der Waals surface area contributed by atoms with E-state index in [0.717, 1.165) is 4.88 Å². The molecule has 0 aliphatic heterocycles. The van der Waals surface area contributed by atoms with Crippen molar-refractivity contribution in [2.75, 3.05) is 20.3 Å². The summed E-state index contributed by atoms with van der Waals surface area (Å²) in [5, 5.41) is 10.5. The number of thiophene rings is 1. The zero-order chi connectivity index (χ0) is 20.9. The van der Waals surface area contributed by atoms with E-state index < -0.39 is 0 Å². The van der Waals surface area contributed by atoms with Gasteiger partial charge in [-0.2, -0.15) is 0 Å². The fourth-order valence-corrected chi connectivity index (χ4v) is 3.58. The van der Waals surface area contributed by atoms with Crippen molar-refractivity contribution in [2.45, 2.75) is 13.1 Å². The zero-order valence-electron chi connectivity index (χ0n) is 16.2. The predicted octanol–water partition coefficient (Wildman–Crippen LogP) is 2.18. The van der Waals surface area contributed by atoms with Crippen LogP contribution in [0.1, 0.15) is 5.89 Å². The summed E-state index contributed by atoms with van der Waals surface area (Å²) >= 11 is 1.49. The summed E-state index contributed by atoms with van der Waals surface area (Å²) in [5.74, 6) is 0.447. The molecule has 0 fully saturated rings. The second-order valence-corrected chi connectivity index (χ2v) is 7.43. The summed E-state index contributed by atoms with van der Waals surface area (Å²) in [5.41, 5.74) is 0.327. The van der Waals surface area contributed by atoms with Gasteiger partial charge in [0.1, 0.15) is 6.54 Å². The number of carbonyl (C=O) groups excluding carboxylic acids is 1. The van der Waals surface area contributed by atoms with Gasteiger partial charge in [0.2, 0.25) is 11.8 Å². The molecule has 0 saturated carbocycles. The third-order valence-corrected chi connectivity index (χ3v) is 5.34. The standard InChI is InChI=1S/C20H19N5O4S/c1-28-9-8-24(11-17-22-23-19(29-17)16-7-4-10-30-16)18(26)12-25-13-21-15-6-3-2-5-14(15)20(25)27/h2-7,10,13H,8-9,11-12H2,1H3. The van der Waals surface area contributed by atoms with Crippen molar-refractivity contribution in [2.24, 2.45) is 0 Å². The molecule has 1 aromatic carbocycles. The molecule has 3 heterocycles. The highest BCUT2D eigenvalue weighted by Gasteiger charge is 2.19. The number of aromatic nitrogens is 4. The van der Waals surface area contributed by atoms with Gasteiger partial charge in [-0.3, -0.25) is 14.2 Å². The molecule has 0 bridgehead atoms. The Morgan fingerprint density at radius 3 is 2.90 bits per heavy atom. The summed E-state index contributed by atoms with van der Waals surface area (Å²) in [4.78, 5) is 32.3. The Morgan fingerprint density at radius 2 is 2.10 bits per heavy atom. The van der Waals surface area contributed by atoms with Crippen molar-refractivity contribution in [1.29, 1.82) is 0 Å². The first-order chi connectivity index (χ1) is 14.7. The quantitative estimate of drug-likeness (QED) is 0.426. The Morgan fingerprint density at radius 1 is 1.23 bits per heavy atom. The Balaban J connectivity index is 1.53. The minimum absolute atomic E-state index is 0.121. The molecule has 9 nitrogen and oxygen atoms in total. The lowest BCUT2D eigenvalue weighted by Crippen LogP contribution is -2.38. The number of fused-ring (bicyclic) bond motifs is 1. The van der Waals surface area contributed by atoms with E-state index in [-0.39, 0.29) is 24.6 Å². The maximum absolute atomic E-state index is 12.9. The van der Waals surface area contributed by atoms with Crippen LogP contribution in [0.15, 0.2) is 57.3 Å². The van der Waals surface area contributed by atoms with Gasteiger partial charge in [0, 0.05) is 13.7 Å². The van der Waals surface area contributed by atoms with Crippen LogP contribution in [-0.4, -0.2) is 50.8 Å². The van der Waals surface area contributed by atoms with E-state index in [0.29, 0.717) is 35.8 Å². The van der Waals surface area contributed by atoms with Gasteiger partial charge in [0.05, 0.1) is 35.3 Å². The number of benzene rings is 1. The van der Waals surface area contributed by atoms with Gasteiger partial charge >= 0.3 is 0 Å². The van der Waals surface area contributed by atoms with Crippen LogP contribution in [0.25, 0.3) is 21.7 Å².